The molecule has 0 spiro atoms. The average molecular weight is 1130 g/mol. The van der Waals surface area contributed by atoms with Crippen molar-refractivity contribution in [2.75, 3.05) is 0 Å². The van der Waals surface area contributed by atoms with E-state index in [0.717, 1.165) is 44.5 Å². The van der Waals surface area contributed by atoms with E-state index in [1.165, 1.54) is 0 Å². The van der Waals surface area contributed by atoms with Gasteiger partial charge in [-0.25, -0.2) is 15.8 Å². The standard InChI is InChI=1S/C62H35Cl4N9O5/c1-30-22-33(10-20-51(30)69-73-57-40-9-5-3-7-32(40)24-50(59(57)77)61(79)75-71-55-47-27-36(65)13-18-43(47)44-19-14-37(66)28-48(44)55)62-67-52-21-15-38(29-53(52)80-62)68-72-56-39-8-4-2-6-31(39)23-49(58(56)76)60(78)74-70-54-45-25-34(63)11-16-41(45)42-17-12-35(64)26-46(42)54/h2-29,76-77H,1H3,(H,74,78)(H,75,79). The Labute approximate surface area is 474 Å². The molecule has 1 heterocycles. The zero-order valence-electron chi connectivity index (χ0n) is 41.4. The summed E-state index contributed by atoms with van der Waals surface area (Å²) < 4.78 is 6.25. The molecule has 0 saturated carbocycles. The molecule has 0 unspecified atom stereocenters. The Morgan fingerprint density at radius 3 is 1.43 bits per heavy atom. The highest BCUT2D eigenvalue weighted by molar-refractivity contribution is 6.35. The lowest BCUT2D eigenvalue weighted by atomic mass is 10.0. The van der Waals surface area contributed by atoms with E-state index in [1.807, 2.05) is 55.5 Å². The SMILES string of the molecule is Cc1cc(-c2nc3ccc(N=Nc4c(O)c(C(=O)NN=C5c6cc(Cl)ccc6-c6ccc(Cl)cc65)cc5ccccc45)cc3o2)ccc1N=Nc1c(O)c(C(=O)NN=C2c3cc(Cl)ccc3-c3ccc(Cl)cc32)cc2ccccc12. The van der Waals surface area contributed by atoms with Crippen LogP contribution < -0.4 is 10.9 Å². The van der Waals surface area contributed by atoms with Crippen LogP contribution in [0.5, 0.6) is 11.5 Å². The predicted octanol–water partition coefficient (Wildman–Crippen LogP) is 17.3. The molecule has 386 valence electrons. The molecule has 13 rings (SSSR count). The second kappa shape index (κ2) is 20.0. The highest BCUT2D eigenvalue weighted by atomic mass is 35.5. The third-order valence-corrected chi connectivity index (χ3v) is 14.8. The minimum Gasteiger partial charge on any atom is -0.505 e. The minimum absolute atomic E-state index is 0.0607. The second-order valence-electron chi connectivity index (χ2n) is 18.8. The number of oxazole rings is 1. The first-order valence-corrected chi connectivity index (χ1v) is 26.2. The van der Waals surface area contributed by atoms with Gasteiger partial charge in [-0.2, -0.15) is 20.4 Å². The summed E-state index contributed by atoms with van der Waals surface area (Å²) in [5.41, 5.74) is 15.9. The maximum absolute atomic E-state index is 13.9. The fourth-order valence-corrected chi connectivity index (χ4v) is 10.7. The Bertz CT molecular complexity index is 4540. The molecule has 0 fully saturated rings. The summed E-state index contributed by atoms with van der Waals surface area (Å²) in [6.07, 6.45) is 0. The molecule has 18 heteroatoms. The summed E-state index contributed by atoms with van der Waals surface area (Å²) in [7, 11) is 0. The number of aromatic hydroxyl groups is 2. The number of nitrogens with zero attached hydrogens (tertiary/aromatic N) is 7. The first-order valence-electron chi connectivity index (χ1n) is 24.6. The number of halogens is 4. The molecule has 0 atom stereocenters. The van der Waals surface area contributed by atoms with Crippen LogP contribution in [0.25, 0.3) is 66.4 Å². The zero-order valence-corrected chi connectivity index (χ0v) is 44.5. The maximum atomic E-state index is 13.9. The van der Waals surface area contributed by atoms with Gasteiger partial charge in [-0.3, -0.25) is 9.59 Å². The highest BCUT2D eigenvalue weighted by Crippen LogP contribution is 2.44. The molecule has 10 aromatic carbocycles. The summed E-state index contributed by atoms with van der Waals surface area (Å²) in [6, 6.07) is 49.9. The second-order valence-corrected chi connectivity index (χ2v) is 20.6. The van der Waals surface area contributed by atoms with Crippen molar-refractivity contribution in [1.82, 2.24) is 15.8 Å². The van der Waals surface area contributed by atoms with Gasteiger partial charge in [0.25, 0.3) is 11.8 Å². The molecule has 80 heavy (non-hydrogen) atoms. The van der Waals surface area contributed by atoms with E-state index in [9.17, 15) is 19.8 Å². The number of hydrazone groups is 2. The Kier molecular flexibility index (Phi) is 12.5. The quantitative estimate of drug-likeness (QED) is 0.0818. The van der Waals surface area contributed by atoms with Gasteiger partial charge in [0.1, 0.15) is 16.9 Å². The van der Waals surface area contributed by atoms with E-state index >= 15 is 0 Å². The van der Waals surface area contributed by atoms with Gasteiger partial charge in [0.15, 0.2) is 17.1 Å². The highest BCUT2D eigenvalue weighted by Gasteiger charge is 2.29. The molecule has 2 aliphatic rings. The van der Waals surface area contributed by atoms with Crippen LogP contribution in [-0.2, 0) is 0 Å². The number of phenolic OH excluding ortho intramolecular Hbond substituents is 2. The molecular formula is C62H35Cl4N9O5. The fourth-order valence-electron chi connectivity index (χ4n) is 10.0. The number of nitrogens with one attached hydrogen (secondary N) is 2. The van der Waals surface area contributed by atoms with Crippen molar-refractivity contribution in [3.05, 3.63) is 229 Å². The number of rotatable bonds is 9. The zero-order chi connectivity index (χ0) is 54.9. The Balaban J connectivity index is 0.748. The van der Waals surface area contributed by atoms with Crippen LogP contribution in [0.1, 0.15) is 48.5 Å². The number of amides is 2. The van der Waals surface area contributed by atoms with Gasteiger partial charge < -0.3 is 14.6 Å². The summed E-state index contributed by atoms with van der Waals surface area (Å²) in [5.74, 6) is -1.80. The number of carbonyl (C=O) groups is 2. The molecule has 0 aliphatic heterocycles. The van der Waals surface area contributed by atoms with E-state index < -0.39 is 17.6 Å². The van der Waals surface area contributed by atoms with Crippen molar-refractivity contribution in [3.63, 3.8) is 0 Å². The van der Waals surface area contributed by atoms with Crippen molar-refractivity contribution < 1.29 is 24.2 Å². The van der Waals surface area contributed by atoms with Crippen LogP contribution >= 0.6 is 46.4 Å². The molecule has 14 nitrogen and oxygen atoms in total. The van der Waals surface area contributed by atoms with Crippen molar-refractivity contribution in [1.29, 1.82) is 0 Å². The third kappa shape index (κ3) is 8.95. The van der Waals surface area contributed by atoms with Crippen molar-refractivity contribution in [2.24, 2.45) is 30.7 Å². The number of aromatic nitrogens is 1. The van der Waals surface area contributed by atoms with Gasteiger partial charge in [-0.05, 0) is 137 Å². The number of hydrogen-bond donors (Lipinski definition) is 4. The molecule has 0 radical (unpaired) electrons. The topological polar surface area (TPSA) is 199 Å². The Morgan fingerprint density at radius 1 is 0.487 bits per heavy atom. The summed E-state index contributed by atoms with van der Waals surface area (Å²) >= 11 is 25.5. The lowest BCUT2D eigenvalue weighted by molar-refractivity contribution is 0.0944. The summed E-state index contributed by atoms with van der Waals surface area (Å²) in [6.45, 7) is 1.85. The molecular weight excluding hydrogens is 1090 g/mol. The number of azo groups is 2. The van der Waals surface area contributed by atoms with E-state index in [-0.39, 0.29) is 28.3 Å². The van der Waals surface area contributed by atoms with E-state index in [0.29, 0.717) is 92.6 Å². The largest absolute Gasteiger partial charge is 0.505 e. The molecule has 0 bridgehead atoms. The van der Waals surface area contributed by atoms with Gasteiger partial charge in [-0.1, -0.05) is 119 Å². The van der Waals surface area contributed by atoms with Gasteiger partial charge in [0, 0.05) is 64.7 Å². The smallest absolute Gasteiger partial charge is 0.275 e. The number of benzene rings is 10. The van der Waals surface area contributed by atoms with Crippen molar-refractivity contribution in [3.8, 4) is 45.2 Å². The molecule has 11 aromatic rings. The Hall–Kier alpha value is -9.57. The van der Waals surface area contributed by atoms with E-state index in [2.05, 4.69) is 41.5 Å². The number of phenols is 2. The lowest BCUT2D eigenvalue weighted by Crippen LogP contribution is -2.20. The van der Waals surface area contributed by atoms with Crippen molar-refractivity contribution >= 4 is 125 Å². The van der Waals surface area contributed by atoms with Crippen LogP contribution in [0.4, 0.5) is 22.7 Å². The van der Waals surface area contributed by atoms with Crippen LogP contribution in [-0.4, -0.2) is 38.4 Å². The molecule has 2 amide bonds. The van der Waals surface area contributed by atoms with Crippen LogP contribution in [0.3, 0.4) is 0 Å². The van der Waals surface area contributed by atoms with Crippen LogP contribution in [0, 0.1) is 6.92 Å². The number of aryl methyl sites for hydroxylation is 1. The van der Waals surface area contributed by atoms with Gasteiger partial charge in [0.05, 0.1) is 33.9 Å². The van der Waals surface area contributed by atoms with Crippen LogP contribution in [0.2, 0.25) is 20.1 Å². The fraction of sp³-hybridized carbons (Fsp3) is 0.0161. The van der Waals surface area contributed by atoms with Gasteiger partial charge in [-0.15, -0.1) is 10.2 Å². The monoisotopic (exact) mass is 1130 g/mol. The van der Waals surface area contributed by atoms with Gasteiger partial charge >= 0.3 is 0 Å². The molecule has 4 N–H and O–H groups in total. The number of hydrogen-bond acceptors (Lipinski definition) is 12. The third-order valence-electron chi connectivity index (χ3n) is 13.9. The van der Waals surface area contributed by atoms with Gasteiger partial charge in [0.2, 0.25) is 5.89 Å². The minimum atomic E-state index is -0.679. The normalized spacial score (nSPS) is 12.4. The van der Waals surface area contributed by atoms with Crippen LogP contribution in [0.15, 0.2) is 205 Å². The summed E-state index contributed by atoms with van der Waals surface area (Å²) in [4.78, 5) is 32.5. The molecule has 2 aliphatic carbocycles. The Morgan fingerprint density at radius 2 is 0.950 bits per heavy atom. The first-order chi connectivity index (χ1) is 38.8. The number of carbonyl (C=O) groups excluding carboxylic acids is 2. The number of fused-ring (bicyclic) bond motifs is 9. The predicted molar refractivity (Wildman–Crippen MR) is 314 cm³/mol. The maximum Gasteiger partial charge on any atom is 0.275 e. The first kappa shape index (κ1) is 50.0. The van der Waals surface area contributed by atoms with E-state index in [4.69, 9.17) is 55.8 Å². The molecule has 0 saturated heterocycles. The lowest BCUT2D eigenvalue weighted by Gasteiger charge is -2.10. The summed E-state index contributed by atoms with van der Waals surface area (Å²) in [5, 5.41) is 54.8. The molecule has 1 aromatic heterocycles. The van der Waals surface area contributed by atoms with E-state index in [1.54, 1.807) is 121 Å². The van der Waals surface area contributed by atoms with Crippen molar-refractivity contribution in [2.45, 2.75) is 6.92 Å². The average Bonchev–Trinajstić information content (AvgIpc) is 4.22.